The number of nitrogens with one attached hydrogen (secondary N) is 1. The van der Waals surface area contributed by atoms with E-state index in [2.05, 4.69) is 29.6 Å². The van der Waals surface area contributed by atoms with Crippen LogP contribution in [0, 0.1) is 0 Å². The molecule has 0 aliphatic carbocycles. The fourth-order valence-corrected chi connectivity index (χ4v) is 2.92. The molecule has 4 heteroatoms. The molecule has 2 aromatic rings. The maximum absolute atomic E-state index is 5.81. The van der Waals surface area contributed by atoms with Crippen LogP contribution in [0.2, 0.25) is 0 Å². The second-order valence-electron chi connectivity index (χ2n) is 5.68. The molecule has 0 saturated heterocycles. The first-order valence-corrected chi connectivity index (χ1v) is 7.71. The number of benzene rings is 2. The van der Waals surface area contributed by atoms with Gasteiger partial charge in [0.05, 0.1) is 0 Å². The van der Waals surface area contributed by atoms with Crippen LogP contribution in [-0.2, 0) is 13.0 Å². The minimum atomic E-state index is 0.336. The second kappa shape index (κ2) is 5.89. The van der Waals surface area contributed by atoms with Crippen molar-refractivity contribution >= 4 is 0 Å². The number of hydrogen-bond donors (Lipinski definition) is 1. The highest BCUT2D eigenvalue weighted by molar-refractivity contribution is 5.43. The zero-order valence-electron chi connectivity index (χ0n) is 12.4. The van der Waals surface area contributed by atoms with Gasteiger partial charge >= 0.3 is 0 Å². The van der Waals surface area contributed by atoms with Gasteiger partial charge in [0.25, 0.3) is 0 Å². The second-order valence-corrected chi connectivity index (χ2v) is 5.68. The summed E-state index contributed by atoms with van der Waals surface area (Å²) >= 11 is 0. The number of ether oxygens (including phenoxy) is 3. The Morgan fingerprint density at radius 2 is 1.77 bits per heavy atom. The lowest BCUT2D eigenvalue weighted by Crippen LogP contribution is -2.38. The lowest BCUT2D eigenvalue weighted by molar-refractivity contribution is 0.171. The summed E-state index contributed by atoms with van der Waals surface area (Å²) in [5.74, 6) is 2.69. The Hall–Kier alpha value is -2.20. The molecule has 0 aromatic heterocycles. The summed E-state index contributed by atoms with van der Waals surface area (Å²) in [6, 6.07) is 14.7. The normalized spacial score (nSPS) is 19.2. The van der Waals surface area contributed by atoms with Crippen LogP contribution in [0.4, 0.5) is 0 Å². The Kier molecular flexibility index (Phi) is 3.60. The molecule has 4 rings (SSSR count). The topological polar surface area (TPSA) is 39.7 Å². The first-order valence-electron chi connectivity index (χ1n) is 7.71. The van der Waals surface area contributed by atoms with E-state index >= 15 is 0 Å². The van der Waals surface area contributed by atoms with E-state index in [4.69, 9.17) is 14.2 Å². The third-order valence-electron chi connectivity index (χ3n) is 4.08. The predicted molar refractivity (Wildman–Crippen MR) is 83.7 cm³/mol. The van der Waals surface area contributed by atoms with Crippen LogP contribution in [0.25, 0.3) is 0 Å². The molecule has 2 aliphatic heterocycles. The summed E-state index contributed by atoms with van der Waals surface area (Å²) < 4.78 is 17.0. The maximum Gasteiger partial charge on any atom is 0.161 e. The zero-order valence-corrected chi connectivity index (χ0v) is 12.4. The first-order chi connectivity index (χ1) is 10.9. The molecule has 1 unspecified atom stereocenters. The SMILES string of the molecule is c1ccc2c(c1)CC(NCc1ccc3c(c1)OCCO3)CO2. The van der Waals surface area contributed by atoms with Crippen molar-refractivity contribution < 1.29 is 14.2 Å². The molecule has 0 bridgehead atoms. The van der Waals surface area contributed by atoms with Crippen molar-refractivity contribution in [1.29, 1.82) is 0 Å². The van der Waals surface area contributed by atoms with E-state index in [1.54, 1.807) is 0 Å². The van der Waals surface area contributed by atoms with Gasteiger partial charge in [-0.1, -0.05) is 24.3 Å². The third kappa shape index (κ3) is 2.74. The number of rotatable bonds is 3. The molecule has 2 aromatic carbocycles. The smallest absolute Gasteiger partial charge is 0.161 e. The third-order valence-corrected chi connectivity index (χ3v) is 4.08. The molecule has 0 radical (unpaired) electrons. The van der Waals surface area contributed by atoms with E-state index in [9.17, 15) is 0 Å². The van der Waals surface area contributed by atoms with Crippen molar-refractivity contribution in [3.63, 3.8) is 0 Å². The number of hydrogen-bond acceptors (Lipinski definition) is 4. The van der Waals surface area contributed by atoms with Gasteiger partial charge in [-0.05, 0) is 35.7 Å². The van der Waals surface area contributed by atoms with Crippen molar-refractivity contribution in [3.05, 3.63) is 53.6 Å². The quantitative estimate of drug-likeness (QED) is 0.945. The van der Waals surface area contributed by atoms with E-state index in [1.165, 1.54) is 11.1 Å². The molecule has 22 heavy (non-hydrogen) atoms. The van der Waals surface area contributed by atoms with Gasteiger partial charge in [-0.3, -0.25) is 0 Å². The molecule has 1 atom stereocenters. The number of fused-ring (bicyclic) bond motifs is 2. The Balaban J connectivity index is 1.39. The highest BCUT2D eigenvalue weighted by Gasteiger charge is 2.19. The molecule has 1 N–H and O–H groups in total. The summed E-state index contributed by atoms with van der Waals surface area (Å²) in [7, 11) is 0. The minimum Gasteiger partial charge on any atom is -0.492 e. The average molecular weight is 297 g/mol. The zero-order chi connectivity index (χ0) is 14.8. The maximum atomic E-state index is 5.81. The van der Waals surface area contributed by atoms with Gasteiger partial charge in [0.15, 0.2) is 11.5 Å². The van der Waals surface area contributed by atoms with Gasteiger partial charge in [0.2, 0.25) is 0 Å². The monoisotopic (exact) mass is 297 g/mol. The molecule has 0 amide bonds. The Morgan fingerprint density at radius 3 is 2.73 bits per heavy atom. The van der Waals surface area contributed by atoms with E-state index in [1.807, 2.05) is 18.2 Å². The van der Waals surface area contributed by atoms with Gasteiger partial charge in [-0.25, -0.2) is 0 Å². The standard InChI is InChI=1S/C18H19NO3/c1-2-4-16-14(3-1)10-15(12-22-16)19-11-13-5-6-17-18(9-13)21-8-7-20-17/h1-6,9,15,19H,7-8,10-12H2. The van der Waals surface area contributed by atoms with Crippen molar-refractivity contribution in [1.82, 2.24) is 5.32 Å². The number of para-hydroxylation sites is 1. The summed E-state index contributed by atoms with van der Waals surface area (Å²) in [4.78, 5) is 0. The fourth-order valence-electron chi connectivity index (χ4n) is 2.92. The van der Waals surface area contributed by atoms with E-state index in [-0.39, 0.29) is 0 Å². The molecule has 4 nitrogen and oxygen atoms in total. The van der Waals surface area contributed by atoms with Crippen LogP contribution in [0.1, 0.15) is 11.1 Å². The lowest BCUT2D eigenvalue weighted by Gasteiger charge is -2.26. The van der Waals surface area contributed by atoms with Gasteiger partial charge < -0.3 is 19.5 Å². The van der Waals surface area contributed by atoms with Crippen molar-refractivity contribution in [2.75, 3.05) is 19.8 Å². The Morgan fingerprint density at radius 1 is 0.909 bits per heavy atom. The fraction of sp³-hybridized carbons (Fsp3) is 0.333. The van der Waals surface area contributed by atoms with Crippen LogP contribution in [0.3, 0.4) is 0 Å². The summed E-state index contributed by atoms with van der Waals surface area (Å²) in [6.45, 7) is 2.76. The molecule has 0 spiro atoms. The molecular formula is C18H19NO3. The highest BCUT2D eigenvalue weighted by Crippen LogP contribution is 2.31. The lowest BCUT2D eigenvalue weighted by atomic mass is 10.0. The molecule has 0 fully saturated rings. The minimum absolute atomic E-state index is 0.336. The predicted octanol–water partition coefficient (Wildman–Crippen LogP) is 2.55. The summed E-state index contributed by atoms with van der Waals surface area (Å²) in [5.41, 5.74) is 2.47. The largest absolute Gasteiger partial charge is 0.492 e. The van der Waals surface area contributed by atoms with Gasteiger partial charge in [0.1, 0.15) is 25.6 Å². The van der Waals surface area contributed by atoms with Crippen LogP contribution in [0.5, 0.6) is 17.2 Å². The molecule has 114 valence electrons. The Labute approximate surface area is 130 Å². The van der Waals surface area contributed by atoms with E-state index in [0.29, 0.717) is 25.9 Å². The highest BCUT2D eigenvalue weighted by atomic mass is 16.6. The van der Waals surface area contributed by atoms with E-state index < -0.39 is 0 Å². The first kappa shape index (κ1) is 13.5. The molecule has 2 heterocycles. The van der Waals surface area contributed by atoms with Gasteiger partial charge in [-0.15, -0.1) is 0 Å². The summed E-state index contributed by atoms with van der Waals surface area (Å²) in [6.07, 6.45) is 1.00. The van der Waals surface area contributed by atoms with Crippen LogP contribution >= 0.6 is 0 Å². The van der Waals surface area contributed by atoms with Crippen LogP contribution in [0.15, 0.2) is 42.5 Å². The van der Waals surface area contributed by atoms with Gasteiger partial charge in [0, 0.05) is 12.6 Å². The van der Waals surface area contributed by atoms with Crippen LogP contribution < -0.4 is 19.5 Å². The Bertz CT molecular complexity index is 671. The van der Waals surface area contributed by atoms with E-state index in [0.717, 1.165) is 30.2 Å². The van der Waals surface area contributed by atoms with Crippen molar-refractivity contribution in [2.24, 2.45) is 0 Å². The summed E-state index contributed by atoms with van der Waals surface area (Å²) in [5, 5.41) is 3.56. The molecule has 2 aliphatic rings. The van der Waals surface area contributed by atoms with Crippen LogP contribution in [-0.4, -0.2) is 25.9 Å². The average Bonchev–Trinajstić information content (AvgIpc) is 2.59. The molecule has 0 saturated carbocycles. The van der Waals surface area contributed by atoms with Gasteiger partial charge in [-0.2, -0.15) is 0 Å². The molecular weight excluding hydrogens is 278 g/mol. The van der Waals surface area contributed by atoms with Crippen molar-refractivity contribution in [2.45, 2.75) is 19.0 Å². The van der Waals surface area contributed by atoms with Crippen molar-refractivity contribution in [3.8, 4) is 17.2 Å².